The largest absolute Gasteiger partial charge is 0.389 e. The molecule has 0 aliphatic carbocycles. The van der Waals surface area contributed by atoms with Gasteiger partial charge in [0, 0.05) is 11.6 Å². The van der Waals surface area contributed by atoms with E-state index in [1.165, 1.54) is 0 Å². The summed E-state index contributed by atoms with van der Waals surface area (Å²) in [6.45, 7) is 4.01. The van der Waals surface area contributed by atoms with Crippen LogP contribution in [-0.4, -0.2) is 11.0 Å². The van der Waals surface area contributed by atoms with Crippen LogP contribution in [0.1, 0.15) is 38.7 Å². The predicted octanol–water partition coefficient (Wildman–Crippen LogP) is 3.59. The van der Waals surface area contributed by atoms with Crippen molar-refractivity contribution < 1.29 is 8.78 Å². The van der Waals surface area contributed by atoms with Crippen molar-refractivity contribution in [2.45, 2.75) is 39.2 Å². The van der Waals surface area contributed by atoms with Crippen LogP contribution in [0.25, 0.3) is 0 Å². The smallest absolute Gasteiger partial charge is 0.150 e. The van der Waals surface area contributed by atoms with E-state index in [1.54, 1.807) is 0 Å². The van der Waals surface area contributed by atoms with Crippen LogP contribution in [0.5, 0.6) is 0 Å². The number of halogens is 2. The third-order valence-electron chi connectivity index (χ3n) is 2.81. The minimum Gasteiger partial charge on any atom is -0.389 e. The summed E-state index contributed by atoms with van der Waals surface area (Å²) in [5.74, 6) is -1.32. The van der Waals surface area contributed by atoms with Crippen LogP contribution in [0.4, 0.5) is 14.5 Å². The Morgan fingerprint density at radius 3 is 2.28 bits per heavy atom. The molecule has 1 aromatic rings. The standard InChI is InChI=1S/C13H18F2N2S/c1-3-5-9(4-2)17-12-10(14)6-8(13(16)18)7-11(12)15/h6-7,9,17H,3-5H2,1-2H3,(H2,16,18). The van der Waals surface area contributed by atoms with Crippen molar-refractivity contribution in [1.29, 1.82) is 0 Å². The van der Waals surface area contributed by atoms with E-state index < -0.39 is 11.6 Å². The lowest BCUT2D eigenvalue weighted by atomic mass is 10.1. The summed E-state index contributed by atoms with van der Waals surface area (Å²) >= 11 is 4.70. The zero-order valence-electron chi connectivity index (χ0n) is 10.6. The van der Waals surface area contributed by atoms with Crippen LogP contribution < -0.4 is 11.1 Å². The van der Waals surface area contributed by atoms with Gasteiger partial charge in [-0.2, -0.15) is 0 Å². The van der Waals surface area contributed by atoms with Crippen molar-refractivity contribution >= 4 is 22.9 Å². The Labute approximate surface area is 112 Å². The second-order valence-electron chi connectivity index (χ2n) is 4.22. The molecule has 0 aliphatic heterocycles. The van der Waals surface area contributed by atoms with Gasteiger partial charge < -0.3 is 11.1 Å². The molecule has 18 heavy (non-hydrogen) atoms. The van der Waals surface area contributed by atoms with Crippen LogP contribution in [-0.2, 0) is 0 Å². The first-order valence-corrected chi connectivity index (χ1v) is 6.45. The molecule has 0 saturated heterocycles. The molecule has 0 aliphatic rings. The van der Waals surface area contributed by atoms with Gasteiger partial charge in [0.15, 0.2) is 0 Å². The number of nitrogens with two attached hydrogens (primary N) is 1. The van der Waals surface area contributed by atoms with E-state index in [1.807, 2.05) is 13.8 Å². The van der Waals surface area contributed by atoms with Crippen molar-refractivity contribution in [3.05, 3.63) is 29.3 Å². The molecule has 0 aromatic heterocycles. The molecular weight excluding hydrogens is 254 g/mol. The molecule has 0 heterocycles. The lowest BCUT2D eigenvalue weighted by molar-refractivity contribution is 0.566. The molecule has 100 valence electrons. The Morgan fingerprint density at radius 2 is 1.89 bits per heavy atom. The first-order chi connectivity index (χ1) is 8.49. The number of hydrogen-bond acceptors (Lipinski definition) is 2. The molecule has 0 fully saturated rings. The summed E-state index contributed by atoms with van der Waals surface area (Å²) in [5.41, 5.74) is 5.46. The van der Waals surface area contributed by atoms with E-state index in [4.69, 9.17) is 18.0 Å². The molecule has 3 N–H and O–H groups in total. The van der Waals surface area contributed by atoms with Gasteiger partial charge in [0.1, 0.15) is 22.3 Å². The minimum absolute atomic E-state index is 0.0139. The van der Waals surface area contributed by atoms with E-state index >= 15 is 0 Å². The Kier molecular flexibility index (Phi) is 5.47. The van der Waals surface area contributed by atoms with Gasteiger partial charge in [0.25, 0.3) is 0 Å². The van der Waals surface area contributed by atoms with E-state index in [9.17, 15) is 8.78 Å². The number of benzene rings is 1. The molecule has 0 spiro atoms. The highest BCUT2D eigenvalue weighted by molar-refractivity contribution is 7.80. The van der Waals surface area contributed by atoms with Crippen LogP contribution >= 0.6 is 12.2 Å². The fourth-order valence-electron chi connectivity index (χ4n) is 1.78. The van der Waals surface area contributed by atoms with Gasteiger partial charge in [0.05, 0.1) is 0 Å². The number of hydrogen-bond donors (Lipinski definition) is 2. The molecule has 2 nitrogen and oxygen atoms in total. The minimum atomic E-state index is -0.660. The average molecular weight is 272 g/mol. The van der Waals surface area contributed by atoms with Gasteiger partial charge in [-0.05, 0) is 25.0 Å². The van der Waals surface area contributed by atoms with Crippen LogP contribution in [0, 0.1) is 11.6 Å². The van der Waals surface area contributed by atoms with Crippen LogP contribution in [0.2, 0.25) is 0 Å². The van der Waals surface area contributed by atoms with Gasteiger partial charge >= 0.3 is 0 Å². The van der Waals surface area contributed by atoms with Crippen LogP contribution in [0.15, 0.2) is 12.1 Å². The first kappa shape index (κ1) is 14.8. The molecule has 5 heteroatoms. The first-order valence-electron chi connectivity index (χ1n) is 6.04. The lowest BCUT2D eigenvalue weighted by Crippen LogP contribution is -2.20. The molecule has 0 saturated carbocycles. The summed E-state index contributed by atoms with van der Waals surface area (Å²) in [4.78, 5) is -0.0139. The molecule has 0 bridgehead atoms. The topological polar surface area (TPSA) is 38.0 Å². The third kappa shape index (κ3) is 3.63. The van der Waals surface area contributed by atoms with Gasteiger partial charge in [-0.1, -0.05) is 32.5 Å². The second-order valence-corrected chi connectivity index (χ2v) is 4.66. The molecule has 1 aromatic carbocycles. The Hall–Kier alpha value is -1.23. The molecule has 1 unspecified atom stereocenters. The summed E-state index contributed by atoms with van der Waals surface area (Å²) in [5, 5.41) is 2.90. The van der Waals surface area contributed by atoms with Crippen molar-refractivity contribution in [2.75, 3.05) is 5.32 Å². The molecular formula is C13H18F2N2S. The number of nitrogens with one attached hydrogen (secondary N) is 1. The summed E-state index contributed by atoms with van der Waals surface area (Å²) < 4.78 is 27.6. The third-order valence-corrected chi connectivity index (χ3v) is 3.04. The van der Waals surface area contributed by atoms with Gasteiger partial charge in [-0.3, -0.25) is 0 Å². The quantitative estimate of drug-likeness (QED) is 0.777. The van der Waals surface area contributed by atoms with E-state index in [-0.39, 0.29) is 22.3 Å². The monoisotopic (exact) mass is 272 g/mol. The summed E-state index contributed by atoms with van der Waals surface area (Å²) in [6.07, 6.45) is 2.63. The number of rotatable bonds is 6. The van der Waals surface area contributed by atoms with Gasteiger partial charge in [-0.15, -0.1) is 0 Å². The van der Waals surface area contributed by atoms with Gasteiger partial charge in [0.2, 0.25) is 0 Å². The van der Waals surface area contributed by atoms with Crippen molar-refractivity contribution in [2.24, 2.45) is 5.73 Å². The van der Waals surface area contributed by atoms with E-state index in [2.05, 4.69) is 5.32 Å². The van der Waals surface area contributed by atoms with Crippen molar-refractivity contribution in [1.82, 2.24) is 0 Å². The molecule has 0 amide bonds. The van der Waals surface area contributed by atoms with E-state index in [0.29, 0.717) is 0 Å². The van der Waals surface area contributed by atoms with Gasteiger partial charge in [-0.25, -0.2) is 8.78 Å². The normalized spacial score (nSPS) is 12.2. The highest BCUT2D eigenvalue weighted by atomic mass is 32.1. The Bertz CT molecular complexity index is 412. The molecule has 1 atom stereocenters. The fraction of sp³-hybridized carbons (Fsp3) is 0.462. The van der Waals surface area contributed by atoms with Crippen LogP contribution in [0.3, 0.4) is 0 Å². The van der Waals surface area contributed by atoms with Crippen molar-refractivity contribution in [3.63, 3.8) is 0 Å². The highest BCUT2D eigenvalue weighted by Gasteiger charge is 2.15. The average Bonchev–Trinajstić information content (AvgIpc) is 2.31. The predicted molar refractivity (Wildman–Crippen MR) is 74.9 cm³/mol. The fourth-order valence-corrected chi connectivity index (χ4v) is 1.90. The molecule has 0 radical (unpaired) electrons. The SMILES string of the molecule is CCCC(CC)Nc1c(F)cc(C(N)=S)cc1F. The second kappa shape index (κ2) is 6.64. The van der Waals surface area contributed by atoms with E-state index in [0.717, 1.165) is 31.4 Å². The maximum atomic E-state index is 13.8. The Morgan fingerprint density at radius 1 is 1.33 bits per heavy atom. The zero-order chi connectivity index (χ0) is 13.7. The number of thiocarbonyl (C=S) groups is 1. The lowest BCUT2D eigenvalue weighted by Gasteiger charge is -2.18. The molecule has 1 rings (SSSR count). The maximum Gasteiger partial charge on any atom is 0.150 e. The van der Waals surface area contributed by atoms with Crippen molar-refractivity contribution in [3.8, 4) is 0 Å². The summed E-state index contributed by atoms with van der Waals surface area (Å²) in [6, 6.07) is 2.38. The maximum absolute atomic E-state index is 13.8. The summed E-state index contributed by atoms with van der Waals surface area (Å²) in [7, 11) is 0. The Balaban J connectivity index is 2.99. The highest BCUT2D eigenvalue weighted by Crippen LogP contribution is 2.23. The zero-order valence-corrected chi connectivity index (χ0v) is 11.4. The number of anilines is 1.